The molecule has 0 saturated heterocycles. The van der Waals surface area contributed by atoms with Crippen LogP contribution in [0.1, 0.15) is 38.5 Å². The van der Waals surface area contributed by atoms with Crippen molar-refractivity contribution in [3.63, 3.8) is 0 Å². The molecule has 0 heterocycles. The average Bonchev–Trinajstić information content (AvgIpc) is 2.50. The fourth-order valence-corrected chi connectivity index (χ4v) is 1.94. The van der Waals surface area contributed by atoms with E-state index in [9.17, 15) is 0 Å². The molecule has 1 saturated carbocycles. The predicted molar refractivity (Wildman–Crippen MR) is 60.0 cm³/mol. The van der Waals surface area contributed by atoms with Crippen LogP contribution < -0.4 is 0 Å². The summed E-state index contributed by atoms with van der Waals surface area (Å²) in [4.78, 5) is 0. The van der Waals surface area contributed by atoms with E-state index in [1.165, 1.54) is 12.8 Å². The van der Waals surface area contributed by atoms with Gasteiger partial charge in [-0.05, 0) is 12.8 Å². The Kier molecular flexibility index (Phi) is 5.26. The highest BCUT2D eigenvalue weighted by Gasteiger charge is 2.32. The van der Waals surface area contributed by atoms with Crippen LogP contribution in [0.3, 0.4) is 0 Å². The maximum Gasteiger partial charge on any atom is 0.170 e. The van der Waals surface area contributed by atoms with E-state index in [1.54, 1.807) is 0 Å². The van der Waals surface area contributed by atoms with Crippen molar-refractivity contribution in [1.29, 1.82) is 0 Å². The van der Waals surface area contributed by atoms with Gasteiger partial charge in [0.05, 0.1) is 0 Å². The third-order valence-electron chi connectivity index (χ3n) is 2.70. The Balaban J connectivity index is 2.56. The first kappa shape index (κ1) is 12.1. The third-order valence-corrected chi connectivity index (χ3v) is 2.70. The van der Waals surface area contributed by atoms with Crippen LogP contribution in [0.4, 0.5) is 0 Å². The number of rotatable bonds is 4. The third kappa shape index (κ3) is 3.96. The summed E-state index contributed by atoms with van der Waals surface area (Å²) in [6.07, 6.45) is 16.9. The van der Waals surface area contributed by atoms with Gasteiger partial charge in [-0.25, -0.2) is 0 Å². The van der Waals surface area contributed by atoms with Crippen LogP contribution in [0.15, 0.2) is 0 Å². The standard InChI is InChI=1S/C13H18O2/c1-3-11-14-13(15-12-4-2)9-7-5-6-8-10-13/h1-2H,5-12H2. The van der Waals surface area contributed by atoms with Crippen molar-refractivity contribution in [2.24, 2.45) is 0 Å². The van der Waals surface area contributed by atoms with Gasteiger partial charge in [0.2, 0.25) is 0 Å². The zero-order valence-corrected chi connectivity index (χ0v) is 9.13. The van der Waals surface area contributed by atoms with E-state index in [4.69, 9.17) is 22.3 Å². The van der Waals surface area contributed by atoms with Crippen molar-refractivity contribution in [2.75, 3.05) is 13.2 Å². The molecule has 0 aromatic carbocycles. The van der Waals surface area contributed by atoms with Crippen molar-refractivity contribution in [1.82, 2.24) is 0 Å². The molecule has 15 heavy (non-hydrogen) atoms. The predicted octanol–water partition coefficient (Wildman–Crippen LogP) is 2.34. The second-order valence-corrected chi connectivity index (χ2v) is 3.81. The molecule has 0 unspecified atom stereocenters. The molecule has 1 aliphatic carbocycles. The molecule has 0 amide bonds. The van der Waals surface area contributed by atoms with Crippen LogP contribution in [-0.2, 0) is 9.47 Å². The summed E-state index contributed by atoms with van der Waals surface area (Å²) in [5, 5.41) is 0. The quantitative estimate of drug-likeness (QED) is 0.399. The van der Waals surface area contributed by atoms with Crippen LogP contribution in [-0.4, -0.2) is 19.0 Å². The van der Waals surface area contributed by atoms with Gasteiger partial charge in [0.1, 0.15) is 13.2 Å². The minimum Gasteiger partial charge on any atom is -0.337 e. The van der Waals surface area contributed by atoms with Crippen molar-refractivity contribution in [3.8, 4) is 24.7 Å². The number of hydrogen-bond donors (Lipinski definition) is 0. The van der Waals surface area contributed by atoms with Crippen molar-refractivity contribution >= 4 is 0 Å². The molecule has 2 nitrogen and oxygen atoms in total. The summed E-state index contributed by atoms with van der Waals surface area (Å²) in [5.41, 5.74) is 0. The fourth-order valence-electron chi connectivity index (χ4n) is 1.94. The first-order valence-corrected chi connectivity index (χ1v) is 5.48. The molecule has 2 heteroatoms. The summed E-state index contributed by atoms with van der Waals surface area (Å²) in [6.45, 7) is 0.592. The van der Waals surface area contributed by atoms with Crippen LogP contribution in [0.25, 0.3) is 0 Å². The van der Waals surface area contributed by atoms with Crippen LogP contribution in [0.5, 0.6) is 0 Å². The van der Waals surface area contributed by atoms with Gasteiger partial charge < -0.3 is 9.47 Å². The summed E-state index contributed by atoms with van der Waals surface area (Å²) < 4.78 is 11.3. The van der Waals surface area contributed by atoms with Crippen LogP contribution in [0, 0.1) is 24.7 Å². The molecular weight excluding hydrogens is 188 g/mol. The van der Waals surface area contributed by atoms with Gasteiger partial charge in [0.15, 0.2) is 5.79 Å². The highest BCUT2D eigenvalue weighted by Crippen LogP contribution is 2.31. The van der Waals surface area contributed by atoms with E-state index >= 15 is 0 Å². The lowest BCUT2D eigenvalue weighted by Crippen LogP contribution is -2.36. The van der Waals surface area contributed by atoms with Gasteiger partial charge in [-0.1, -0.05) is 24.7 Å². The van der Waals surface area contributed by atoms with Crippen molar-refractivity contribution < 1.29 is 9.47 Å². The normalized spacial score (nSPS) is 19.9. The Morgan fingerprint density at radius 1 is 0.867 bits per heavy atom. The van der Waals surface area contributed by atoms with Crippen molar-refractivity contribution in [2.45, 2.75) is 44.3 Å². The zero-order chi connectivity index (χ0) is 11.0. The van der Waals surface area contributed by atoms with E-state index in [0.717, 1.165) is 25.7 Å². The van der Waals surface area contributed by atoms with Gasteiger partial charge in [-0.2, -0.15) is 0 Å². The van der Waals surface area contributed by atoms with Gasteiger partial charge in [0, 0.05) is 12.8 Å². The second kappa shape index (κ2) is 6.51. The van der Waals surface area contributed by atoms with Gasteiger partial charge in [-0.15, -0.1) is 12.8 Å². The Morgan fingerprint density at radius 3 is 1.73 bits per heavy atom. The molecule has 0 bridgehead atoms. The highest BCUT2D eigenvalue weighted by atomic mass is 16.7. The van der Waals surface area contributed by atoms with E-state index < -0.39 is 5.79 Å². The van der Waals surface area contributed by atoms with Gasteiger partial charge >= 0.3 is 0 Å². The first-order valence-electron chi connectivity index (χ1n) is 5.48. The SMILES string of the molecule is C#CCOC1(OCC#C)CCCCCC1. The lowest BCUT2D eigenvalue weighted by atomic mass is 10.1. The summed E-state index contributed by atoms with van der Waals surface area (Å²) in [6, 6.07) is 0. The van der Waals surface area contributed by atoms with Crippen LogP contribution >= 0.6 is 0 Å². The Labute approximate surface area is 92.3 Å². The van der Waals surface area contributed by atoms with Crippen LogP contribution in [0.2, 0.25) is 0 Å². The topological polar surface area (TPSA) is 18.5 Å². The number of ether oxygens (including phenoxy) is 2. The second-order valence-electron chi connectivity index (χ2n) is 3.81. The van der Waals surface area contributed by atoms with Gasteiger partial charge in [-0.3, -0.25) is 0 Å². The van der Waals surface area contributed by atoms with E-state index in [-0.39, 0.29) is 0 Å². The molecule has 0 aliphatic heterocycles. The lowest BCUT2D eigenvalue weighted by Gasteiger charge is -2.31. The van der Waals surface area contributed by atoms with E-state index in [0.29, 0.717) is 13.2 Å². The molecule has 0 aromatic rings. The monoisotopic (exact) mass is 206 g/mol. The minimum atomic E-state index is -0.519. The molecule has 0 N–H and O–H groups in total. The molecule has 0 radical (unpaired) electrons. The highest BCUT2D eigenvalue weighted by molar-refractivity contribution is 4.88. The molecule has 1 aliphatic rings. The molecule has 0 spiro atoms. The molecule has 1 fully saturated rings. The summed E-state index contributed by atoms with van der Waals surface area (Å²) in [7, 11) is 0. The average molecular weight is 206 g/mol. The van der Waals surface area contributed by atoms with E-state index in [1.807, 2.05) is 0 Å². The van der Waals surface area contributed by atoms with E-state index in [2.05, 4.69) is 11.8 Å². The summed E-state index contributed by atoms with van der Waals surface area (Å²) >= 11 is 0. The molecule has 1 rings (SSSR count). The Hall–Kier alpha value is -0.960. The molecule has 82 valence electrons. The molecule has 0 aromatic heterocycles. The molecular formula is C13H18O2. The number of hydrogen-bond acceptors (Lipinski definition) is 2. The smallest absolute Gasteiger partial charge is 0.170 e. The van der Waals surface area contributed by atoms with Crippen molar-refractivity contribution in [3.05, 3.63) is 0 Å². The maximum absolute atomic E-state index is 5.65. The fraction of sp³-hybridized carbons (Fsp3) is 0.692. The maximum atomic E-state index is 5.65. The number of terminal acetylenes is 2. The first-order chi connectivity index (χ1) is 7.33. The lowest BCUT2D eigenvalue weighted by molar-refractivity contribution is -0.230. The largest absolute Gasteiger partial charge is 0.337 e. The van der Waals surface area contributed by atoms with Gasteiger partial charge in [0.25, 0.3) is 0 Å². The summed E-state index contributed by atoms with van der Waals surface area (Å²) in [5.74, 6) is 4.45. The molecule has 0 atom stereocenters. The zero-order valence-electron chi connectivity index (χ0n) is 9.13. The Morgan fingerprint density at radius 2 is 1.33 bits per heavy atom. The minimum absolute atomic E-state index is 0.296. The Bertz CT molecular complexity index is 229.